The third-order valence-corrected chi connectivity index (χ3v) is 2.06. The van der Waals surface area contributed by atoms with E-state index in [2.05, 4.69) is 16.5 Å². The van der Waals surface area contributed by atoms with E-state index in [9.17, 15) is 5.11 Å². The molecule has 3 nitrogen and oxygen atoms in total. The van der Waals surface area contributed by atoms with E-state index in [0.717, 1.165) is 5.69 Å². The molecule has 2 heterocycles. The quantitative estimate of drug-likeness (QED) is 0.678. The van der Waals surface area contributed by atoms with E-state index in [1.165, 1.54) is 0 Å². The number of aliphatic hydroxyl groups is 1. The molecule has 0 bridgehead atoms. The van der Waals surface area contributed by atoms with Crippen molar-refractivity contribution in [1.82, 2.24) is 9.97 Å². The van der Waals surface area contributed by atoms with Crippen LogP contribution in [0.25, 0.3) is 5.57 Å². The zero-order valence-electron chi connectivity index (χ0n) is 7.62. The predicted molar refractivity (Wildman–Crippen MR) is 54.9 cm³/mol. The van der Waals surface area contributed by atoms with Gasteiger partial charge in [-0.25, -0.2) is 0 Å². The monoisotopic (exact) mass is 187 g/mol. The lowest BCUT2D eigenvalue weighted by molar-refractivity contribution is 0.366. The Morgan fingerprint density at radius 1 is 1.07 bits per heavy atom. The van der Waals surface area contributed by atoms with Crippen molar-refractivity contribution in [3.8, 4) is 0 Å². The van der Waals surface area contributed by atoms with Gasteiger partial charge in [-0.1, -0.05) is 6.58 Å². The first-order valence-electron chi connectivity index (χ1n) is 4.32. The van der Waals surface area contributed by atoms with Gasteiger partial charge in [-0.15, -0.1) is 0 Å². The minimum Gasteiger partial charge on any atom is -0.375 e. The molecule has 0 amide bonds. The van der Waals surface area contributed by atoms with E-state index < -0.39 is 0 Å². The maximum atomic E-state index is 9.82. The lowest BCUT2D eigenvalue weighted by atomic mass is 10.1. The summed E-state index contributed by atoms with van der Waals surface area (Å²) in [7, 11) is 0. The summed E-state index contributed by atoms with van der Waals surface area (Å²) >= 11 is 0. The Balaban J connectivity index is 2.21. The highest BCUT2D eigenvalue weighted by Gasteiger charge is 2.15. The molecule has 2 rings (SSSR count). The van der Waals surface area contributed by atoms with Crippen molar-refractivity contribution >= 4 is 5.57 Å². The smallest absolute Gasteiger partial charge is 0.169 e. The van der Waals surface area contributed by atoms with Crippen molar-refractivity contribution in [1.29, 1.82) is 0 Å². The summed E-state index contributed by atoms with van der Waals surface area (Å²) in [4.78, 5) is 5.90. The van der Waals surface area contributed by atoms with Gasteiger partial charge < -0.3 is 15.1 Å². The van der Waals surface area contributed by atoms with Crippen LogP contribution in [-0.4, -0.2) is 15.1 Å². The topological polar surface area (TPSA) is 51.8 Å². The van der Waals surface area contributed by atoms with Crippen LogP contribution < -0.4 is 0 Å². The fourth-order valence-corrected chi connectivity index (χ4v) is 1.29. The predicted octanol–water partition coefficient (Wildman–Crippen LogP) is 2.31. The molecule has 0 atom stereocenters. The standard InChI is InChI=1S/C11H11N2O/c1-8(9-4-2-6-12-9)11(14)10-5-3-7-13-10/h2-7,12-14H,1H2. The first-order valence-corrected chi connectivity index (χ1v) is 4.32. The van der Waals surface area contributed by atoms with E-state index in [1.807, 2.05) is 18.2 Å². The molecule has 14 heavy (non-hydrogen) atoms. The molecule has 0 fully saturated rings. The molecular weight excluding hydrogens is 176 g/mol. The highest BCUT2D eigenvalue weighted by molar-refractivity contribution is 5.73. The van der Waals surface area contributed by atoms with Crippen LogP contribution in [0.3, 0.4) is 0 Å². The molecule has 0 saturated carbocycles. The summed E-state index contributed by atoms with van der Waals surface area (Å²) in [5, 5.41) is 9.82. The first-order chi connectivity index (χ1) is 6.79. The summed E-state index contributed by atoms with van der Waals surface area (Å²) in [5.74, 6) is 0. The Bertz CT molecular complexity index is 400. The van der Waals surface area contributed by atoms with Crippen LogP contribution in [0, 0.1) is 6.10 Å². The molecule has 0 aliphatic heterocycles. The third kappa shape index (κ3) is 1.49. The van der Waals surface area contributed by atoms with Crippen LogP contribution in [0.15, 0.2) is 43.2 Å². The fraction of sp³-hybridized carbons (Fsp3) is 0. The van der Waals surface area contributed by atoms with Gasteiger partial charge in [0, 0.05) is 23.7 Å². The minimum atomic E-state index is 0.164. The molecule has 0 unspecified atom stereocenters. The first kappa shape index (κ1) is 8.84. The van der Waals surface area contributed by atoms with Crippen LogP contribution in [0.4, 0.5) is 0 Å². The van der Waals surface area contributed by atoms with Crippen molar-refractivity contribution in [2.24, 2.45) is 0 Å². The maximum Gasteiger partial charge on any atom is 0.169 e. The number of hydrogen-bond acceptors (Lipinski definition) is 1. The molecule has 0 aliphatic carbocycles. The number of hydrogen-bond donors (Lipinski definition) is 3. The van der Waals surface area contributed by atoms with Gasteiger partial charge in [0.2, 0.25) is 0 Å². The Morgan fingerprint density at radius 2 is 1.64 bits per heavy atom. The largest absolute Gasteiger partial charge is 0.375 e. The molecule has 3 N–H and O–H groups in total. The van der Waals surface area contributed by atoms with Crippen molar-refractivity contribution in [2.45, 2.75) is 0 Å². The molecule has 1 radical (unpaired) electrons. The van der Waals surface area contributed by atoms with Crippen LogP contribution in [0.1, 0.15) is 11.4 Å². The molecule has 0 spiro atoms. The van der Waals surface area contributed by atoms with Crippen LogP contribution in [0.5, 0.6) is 0 Å². The number of nitrogens with one attached hydrogen (secondary N) is 2. The van der Waals surface area contributed by atoms with Gasteiger partial charge >= 0.3 is 0 Å². The van der Waals surface area contributed by atoms with Crippen molar-refractivity contribution in [3.05, 3.63) is 60.7 Å². The molecule has 0 saturated heterocycles. The molecule has 3 heteroatoms. The normalized spacial score (nSPS) is 10.7. The number of H-pyrrole nitrogens is 2. The van der Waals surface area contributed by atoms with Crippen LogP contribution in [-0.2, 0) is 0 Å². The van der Waals surface area contributed by atoms with E-state index in [0.29, 0.717) is 11.3 Å². The summed E-state index contributed by atoms with van der Waals surface area (Å²) < 4.78 is 0. The van der Waals surface area contributed by atoms with Crippen molar-refractivity contribution in [2.75, 3.05) is 0 Å². The molecule has 0 aromatic carbocycles. The molecule has 0 aliphatic rings. The average molecular weight is 187 g/mol. The van der Waals surface area contributed by atoms with Gasteiger partial charge in [-0.2, -0.15) is 0 Å². The van der Waals surface area contributed by atoms with E-state index in [1.54, 1.807) is 18.5 Å². The Morgan fingerprint density at radius 3 is 2.14 bits per heavy atom. The minimum absolute atomic E-state index is 0.164. The van der Waals surface area contributed by atoms with Gasteiger partial charge in [0.1, 0.15) is 0 Å². The van der Waals surface area contributed by atoms with Gasteiger partial charge in [0.25, 0.3) is 0 Å². The Hall–Kier alpha value is -1.74. The average Bonchev–Trinajstić information content (AvgIpc) is 2.87. The van der Waals surface area contributed by atoms with E-state index >= 15 is 0 Å². The van der Waals surface area contributed by atoms with Crippen LogP contribution >= 0.6 is 0 Å². The zero-order valence-corrected chi connectivity index (χ0v) is 7.62. The van der Waals surface area contributed by atoms with Gasteiger partial charge in [0.15, 0.2) is 6.10 Å². The summed E-state index contributed by atoms with van der Waals surface area (Å²) in [6, 6.07) is 7.35. The highest BCUT2D eigenvalue weighted by atomic mass is 16.3. The Kier molecular flexibility index (Phi) is 2.24. The third-order valence-electron chi connectivity index (χ3n) is 2.06. The second-order valence-electron chi connectivity index (χ2n) is 2.99. The van der Waals surface area contributed by atoms with Crippen LogP contribution in [0.2, 0.25) is 0 Å². The maximum absolute atomic E-state index is 9.82. The lowest BCUT2D eigenvalue weighted by Gasteiger charge is -2.09. The summed E-state index contributed by atoms with van der Waals surface area (Å²) in [6.45, 7) is 3.81. The van der Waals surface area contributed by atoms with E-state index in [4.69, 9.17) is 0 Å². The number of aliphatic hydroxyl groups excluding tert-OH is 1. The van der Waals surface area contributed by atoms with E-state index in [-0.39, 0.29) is 6.10 Å². The van der Waals surface area contributed by atoms with Gasteiger partial charge in [0.05, 0.1) is 5.69 Å². The number of rotatable bonds is 3. The molecule has 2 aromatic heterocycles. The highest BCUT2D eigenvalue weighted by Crippen LogP contribution is 2.24. The lowest BCUT2D eigenvalue weighted by Crippen LogP contribution is -2.01. The van der Waals surface area contributed by atoms with Crippen molar-refractivity contribution < 1.29 is 5.11 Å². The SMILES string of the molecule is C=C([C](O)c1ccc[nH]1)c1ccc[nH]1. The van der Waals surface area contributed by atoms with Gasteiger partial charge in [-0.05, 0) is 24.3 Å². The Labute approximate surface area is 82.1 Å². The van der Waals surface area contributed by atoms with Gasteiger partial charge in [-0.3, -0.25) is 0 Å². The summed E-state index contributed by atoms with van der Waals surface area (Å²) in [5.41, 5.74) is 2.07. The molecular formula is C11H11N2O. The second-order valence-corrected chi connectivity index (χ2v) is 2.99. The molecule has 2 aromatic rings. The fourth-order valence-electron chi connectivity index (χ4n) is 1.29. The summed E-state index contributed by atoms with van der Waals surface area (Å²) in [6.07, 6.45) is 3.72. The molecule has 71 valence electrons. The number of aromatic nitrogens is 2. The second kappa shape index (κ2) is 3.55. The number of aromatic amines is 2. The zero-order chi connectivity index (χ0) is 9.97. The van der Waals surface area contributed by atoms with Crippen molar-refractivity contribution in [3.63, 3.8) is 0 Å².